The number of carbonyl (C=O) groups excluding carboxylic acids is 1. The van der Waals surface area contributed by atoms with Crippen LogP contribution in [0.15, 0.2) is 23.6 Å². The topological polar surface area (TPSA) is 60.5 Å². The Hall–Kier alpha value is -1.92. The van der Waals surface area contributed by atoms with Crippen LogP contribution in [0.4, 0.5) is 5.13 Å². The van der Waals surface area contributed by atoms with Crippen LogP contribution in [0.5, 0.6) is 5.75 Å². The van der Waals surface area contributed by atoms with Gasteiger partial charge in [-0.25, -0.2) is 4.98 Å². The molecule has 0 fully saturated rings. The summed E-state index contributed by atoms with van der Waals surface area (Å²) in [5.74, 6) is 0.523. The zero-order chi connectivity index (χ0) is 15.2. The maximum absolute atomic E-state index is 12.2. The summed E-state index contributed by atoms with van der Waals surface area (Å²) in [6, 6.07) is 5.28. The van der Waals surface area contributed by atoms with E-state index in [0.717, 1.165) is 11.3 Å². The van der Waals surface area contributed by atoms with Crippen molar-refractivity contribution in [3.05, 3.63) is 40.4 Å². The van der Waals surface area contributed by atoms with E-state index in [2.05, 4.69) is 10.3 Å². The molecule has 0 saturated carbocycles. The van der Waals surface area contributed by atoms with Crippen LogP contribution in [0, 0.1) is 6.92 Å². The number of nitrogens with one attached hydrogen (secondary N) is 1. The van der Waals surface area contributed by atoms with Gasteiger partial charge >= 0.3 is 0 Å². The lowest BCUT2D eigenvalue weighted by molar-refractivity contribution is 0.102. The van der Waals surface area contributed by atoms with Gasteiger partial charge in [0.1, 0.15) is 5.75 Å². The minimum Gasteiger partial charge on any atom is -0.496 e. The van der Waals surface area contributed by atoms with E-state index in [4.69, 9.17) is 9.47 Å². The lowest BCUT2D eigenvalue weighted by atomic mass is 10.1. The molecule has 0 aliphatic carbocycles. The minimum absolute atomic E-state index is 0.190. The molecule has 0 spiro atoms. The van der Waals surface area contributed by atoms with E-state index >= 15 is 0 Å². The fourth-order valence-corrected chi connectivity index (χ4v) is 2.51. The van der Waals surface area contributed by atoms with Gasteiger partial charge in [-0.3, -0.25) is 10.1 Å². The highest BCUT2D eigenvalue weighted by Gasteiger charge is 2.12. The second kappa shape index (κ2) is 7.19. The summed E-state index contributed by atoms with van der Waals surface area (Å²) >= 11 is 1.41. The Balaban J connectivity index is 2.16. The number of methoxy groups -OCH3 is 1. The Morgan fingerprint density at radius 2 is 2.24 bits per heavy atom. The van der Waals surface area contributed by atoms with E-state index in [-0.39, 0.29) is 5.91 Å². The van der Waals surface area contributed by atoms with Crippen molar-refractivity contribution in [1.29, 1.82) is 0 Å². The highest BCUT2D eigenvalue weighted by atomic mass is 32.1. The monoisotopic (exact) mass is 306 g/mol. The molecule has 1 amide bonds. The summed E-state index contributed by atoms with van der Waals surface area (Å²) in [7, 11) is 1.60. The van der Waals surface area contributed by atoms with Crippen LogP contribution < -0.4 is 10.1 Å². The lowest BCUT2D eigenvalue weighted by Crippen LogP contribution is -2.12. The maximum atomic E-state index is 12.2. The van der Waals surface area contributed by atoms with Crippen LogP contribution >= 0.6 is 11.3 Å². The van der Waals surface area contributed by atoms with Crippen molar-refractivity contribution in [1.82, 2.24) is 4.98 Å². The van der Waals surface area contributed by atoms with E-state index < -0.39 is 0 Å². The molecule has 1 aromatic carbocycles. The number of anilines is 1. The summed E-state index contributed by atoms with van der Waals surface area (Å²) in [5, 5.41) is 5.28. The van der Waals surface area contributed by atoms with Gasteiger partial charge in [0.15, 0.2) is 5.13 Å². The van der Waals surface area contributed by atoms with Crippen LogP contribution in [0.2, 0.25) is 0 Å². The van der Waals surface area contributed by atoms with Crippen molar-refractivity contribution in [2.24, 2.45) is 0 Å². The average molecular weight is 306 g/mol. The van der Waals surface area contributed by atoms with Crippen molar-refractivity contribution >= 4 is 22.4 Å². The average Bonchev–Trinajstić information content (AvgIpc) is 2.89. The molecule has 0 unspecified atom stereocenters. The predicted molar refractivity (Wildman–Crippen MR) is 83.1 cm³/mol. The Labute approximate surface area is 127 Å². The number of amides is 1. The number of hydrogen-bond acceptors (Lipinski definition) is 5. The first-order valence-electron chi connectivity index (χ1n) is 6.62. The third-order valence-corrected chi connectivity index (χ3v) is 3.72. The molecule has 0 saturated heterocycles. The first-order valence-corrected chi connectivity index (χ1v) is 7.50. The zero-order valence-electron chi connectivity index (χ0n) is 12.3. The molecule has 6 heteroatoms. The molecule has 1 aromatic heterocycles. The molecule has 112 valence electrons. The molecule has 1 N–H and O–H groups in total. The van der Waals surface area contributed by atoms with E-state index in [1.807, 2.05) is 19.2 Å². The highest BCUT2D eigenvalue weighted by Crippen LogP contribution is 2.22. The van der Waals surface area contributed by atoms with Crippen molar-refractivity contribution in [2.75, 3.05) is 19.0 Å². The predicted octanol–water partition coefficient (Wildman–Crippen LogP) is 3.25. The largest absolute Gasteiger partial charge is 0.496 e. The SMILES string of the molecule is CCOCc1cc(C(=O)Nc2nc(C)cs2)ccc1OC. The number of hydrogen-bond donors (Lipinski definition) is 1. The molecule has 2 rings (SSSR count). The molecule has 0 aliphatic heterocycles. The molecular weight excluding hydrogens is 288 g/mol. The van der Waals surface area contributed by atoms with Crippen molar-refractivity contribution in [3.63, 3.8) is 0 Å². The lowest BCUT2D eigenvalue weighted by Gasteiger charge is -2.10. The van der Waals surface area contributed by atoms with E-state index in [1.54, 1.807) is 25.3 Å². The Morgan fingerprint density at radius 1 is 1.43 bits per heavy atom. The number of rotatable bonds is 6. The molecular formula is C15H18N2O3S. The number of carbonyl (C=O) groups is 1. The normalized spacial score (nSPS) is 10.4. The maximum Gasteiger partial charge on any atom is 0.257 e. The number of nitrogens with zero attached hydrogens (tertiary/aromatic N) is 1. The highest BCUT2D eigenvalue weighted by molar-refractivity contribution is 7.13. The minimum atomic E-state index is -0.190. The fourth-order valence-electron chi connectivity index (χ4n) is 1.83. The van der Waals surface area contributed by atoms with Crippen LogP contribution in [0.3, 0.4) is 0 Å². The third kappa shape index (κ3) is 4.03. The van der Waals surface area contributed by atoms with Crippen molar-refractivity contribution in [3.8, 4) is 5.75 Å². The molecule has 0 aliphatic rings. The van der Waals surface area contributed by atoms with Gasteiger partial charge in [0.2, 0.25) is 0 Å². The van der Waals surface area contributed by atoms with Crippen LogP contribution in [-0.2, 0) is 11.3 Å². The molecule has 5 nitrogen and oxygen atoms in total. The number of benzene rings is 1. The first-order chi connectivity index (χ1) is 10.1. The van der Waals surface area contributed by atoms with E-state index in [9.17, 15) is 4.79 Å². The summed E-state index contributed by atoms with van der Waals surface area (Å²) in [6.45, 7) is 4.84. The van der Waals surface area contributed by atoms with Gasteiger partial charge in [-0.1, -0.05) is 0 Å². The number of thiazole rings is 1. The van der Waals surface area contributed by atoms with Crippen LogP contribution in [0.25, 0.3) is 0 Å². The van der Waals surface area contributed by atoms with Gasteiger partial charge in [0.05, 0.1) is 19.4 Å². The molecule has 2 aromatic rings. The quantitative estimate of drug-likeness (QED) is 0.890. The summed E-state index contributed by atoms with van der Waals surface area (Å²) in [4.78, 5) is 16.4. The third-order valence-electron chi connectivity index (χ3n) is 2.84. The summed E-state index contributed by atoms with van der Waals surface area (Å²) < 4.78 is 10.7. The zero-order valence-corrected chi connectivity index (χ0v) is 13.1. The standard InChI is InChI=1S/C15H18N2O3S/c1-4-20-8-12-7-11(5-6-13(12)19-3)14(18)17-15-16-10(2)9-21-15/h5-7,9H,4,8H2,1-3H3,(H,16,17,18). The van der Waals surface area contributed by atoms with E-state index in [1.165, 1.54) is 11.3 Å². The van der Waals surface area contributed by atoms with Gasteiger partial charge in [0.25, 0.3) is 5.91 Å². The molecule has 21 heavy (non-hydrogen) atoms. The van der Waals surface area contributed by atoms with Crippen LogP contribution in [0.1, 0.15) is 28.5 Å². The molecule has 0 bridgehead atoms. The number of aromatic nitrogens is 1. The van der Waals surface area contributed by atoms with E-state index in [0.29, 0.717) is 29.7 Å². The second-order valence-corrected chi connectivity index (χ2v) is 5.27. The van der Waals surface area contributed by atoms with Crippen molar-refractivity contribution < 1.29 is 14.3 Å². The van der Waals surface area contributed by atoms with Gasteiger partial charge in [-0.2, -0.15) is 0 Å². The van der Waals surface area contributed by atoms with Gasteiger partial charge in [-0.05, 0) is 32.0 Å². The van der Waals surface area contributed by atoms with Crippen LogP contribution in [-0.4, -0.2) is 24.6 Å². The van der Waals surface area contributed by atoms with Gasteiger partial charge in [0, 0.05) is 23.1 Å². The Morgan fingerprint density at radius 3 is 2.86 bits per heavy atom. The molecule has 0 radical (unpaired) electrons. The van der Waals surface area contributed by atoms with Gasteiger partial charge < -0.3 is 9.47 Å². The van der Waals surface area contributed by atoms with Crippen molar-refractivity contribution in [2.45, 2.75) is 20.5 Å². The second-order valence-electron chi connectivity index (χ2n) is 4.41. The Kier molecular flexibility index (Phi) is 5.30. The first kappa shape index (κ1) is 15.5. The van der Waals surface area contributed by atoms with Gasteiger partial charge in [-0.15, -0.1) is 11.3 Å². The summed E-state index contributed by atoms with van der Waals surface area (Å²) in [6.07, 6.45) is 0. The molecule has 1 heterocycles. The number of ether oxygens (including phenoxy) is 2. The summed E-state index contributed by atoms with van der Waals surface area (Å²) in [5.41, 5.74) is 2.29. The Bertz CT molecular complexity index is 625. The molecule has 0 atom stereocenters. The smallest absolute Gasteiger partial charge is 0.257 e. The fraction of sp³-hybridized carbons (Fsp3) is 0.333. The number of aryl methyl sites for hydroxylation is 1.